The quantitative estimate of drug-likeness (QED) is 0.820. The summed E-state index contributed by atoms with van der Waals surface area (Å²) >= 11 is 0. The fourth-order valence-electron chi connectivity index (χ4n) is 4.31. The van der Waals surface area contributed by atoms with Gasteiger partial charge in [-0.3, -0.25) is 9.69 Å². The van der Waals surface area contributed by atoms with Crippen molar-refractivity contribution in [1.29, 1.82) is 0 Å². The van der Waals surface area contributed by atoms with Gasteiger partial charge >= 0.3 is 0 Å². The van der Waals surface area contributed by atoms with Crippen LogP contribution in [0, 0.1) is 5.92 Å². The smallest absolute Gasteiger partial charge is 0.272 e. The highest BCUT2D eigenvalue weighted by Gasteiger charge is 2.43. The largest absolute Gasteiger partial charge is 0.376 e. The van der Waals surface area contributed by atoms with Crippen LogP contribution >= 0.6 is 0 Å². The fraction of sp³-hybridized carbons (Fsp3) is 0.706. The number of carbonyl (C=O) groups is 1. The van der Waals surface area contributed by atoms with Gasteiger partial charge in [-0.15, -0.1) is 0 Å². The molecule has 1 aromatic heterocycles. The number of nitrogens with zero attached hydrogens (tertiary/aromatic N) is 4. The molecule has 0 N–H and O–H groups in total. The first-order chi connectivity index (χ1) is 11.3. The van der Waals surface area contributed by atoms with Gasteiger partial charge in [0.1, 0.15) is 12.0 Å². The number of rotatable bonds is 2. The molecule has 6 nitrogen and oxygen atoms in total. The van der Waals surface area contributed by atoms with E-state index in [9.17, 15) is 4.79 Å². The maximum atomic E-state index is 12.8. The second-order valence-corrected chi connectivity index (χ2v) is 6.85. The van der Waals surface area contributed by atoms with E-state index in [0.29, 0.717) is 17.7 Å². The third kappa shape index (κ3) is 2.97. The van der Waals surface area contributed by atoms with Gasteiger partial charge in [0.15, 0.2) is 0 Å². The Morgan fingerprint density at radius 2 is 2.09 bits per heavy atom. The minimum Gasteiger partial charge on any atom is -0.376 e. The first-order valence-corrected chi connectivity index (χ1v) is 8.74. The molecule has 0 aromatic carbocycles. The van der Waals surface area contributed by atoms with Crippen LogP contribution in [0.5, 0.6) is 0 Å². The Balaban J connectivity index is 1.55. The lowest BCUT2D eigenvalue weighted by Crippen LogP contribution is -2.61. The predicted molar refractivity (Wildman–Crippen MR) is 85.0 cm³/mol. The van der Waals surface area contributed by atoms with Crippen molar-refractivity contribution in [2.24, 2.45) is 5.92 Å². The molecule has 23 heavy (non-hydrogen) atoms. The standard InChI is InChI=1S/C17H24N4O2/c22-17(14-5-6-18-12-19-14)21-10-13-4-3-9-23-16(13)15(11-21)20-7-1-2-8-20/h5-6,12-13,15-16H,1-4,7-11H2/t13-,15+,16-/m0/s1. The van der Waals surface area contributed by atoms with Crippen molar-refractivity contribution in [3.05, 3.63) is 24.3 Å². The summed E-state index contributed by atoms with van der Waals surface area (Å²) in [5, 5.41) is 0. The van der Waals surface area contributed by atoms with Crippen LogP contribution < -0.4 is 0 Å². The van der Waals surface area contributed by atoms with Crippen LogP contribution in [0.25, 0.3) is 0 Å². The Labute approximate surface area is 136 Å². The number of ether oxygens (including phenoxy) is 1. The Morgan fingerprint density at radius 1 is 1.22 bits per heavy atom. The molecular weight excluding hydrogens is 292 g/mol. The van der Waals surface area contributed by atoms with Crippen LogP contribution in [0.2, 0.25) is 0 Å². The average Bonchev–Trinajstić information content (AvgIpc) is 3.15. The molecule has 0 aliphatic carbocycles. The minimum absolute atomic E-state index is 0.0284. The molecule has 0 saturated carbocycles. The van der Waals surface area contributed by atoms with Gasteiger partial charge < -0.3 is 9.64 Å². The topological polar surface area (TPSA) is 58.6 Å². The van der Waals surface area contributed by atoms with Gasteiger partial charge in [0.2, 0.25) is 0 Å². The second-order valence-electron chi connectivity index (χ2n) is 6.85. The number of hydrogen-bond acceptors (Lipinski definition) is 5. The molecule has 0 bridgehead atoms. The maximum Gasteiger partial charge on any atom is 0.272 e. The van der Waals surface area contributed by atoms with Crippen LogP contribution in [-0.4, -0.2) is 70.6 Å². The zero-order valence-electron chi connectivity index (χ0n) is 13.4. The molecule has 3 aliphatic rings. The van der Waals surface area contributed by atoms with E-state index >= 15 is 0 Å². The maximum absolute atomic E-state index is 12.8. The van der Waals surface area contributed by atoms with Crippen LogP contribution in [0.4, 0.5) is 0 Å². The number of amides is 1. The van der Waals surface area contributed by atoms with E-state index in [1.165, 1.54) is 19.2 Å². The highest BCUT2D eigenvalue weighted by atomic mass is 16.5. The summed E-state index contributed by atoms with van der Waals surface area (Å²) in [4.78, 5) is 25.4. The normalized spacial score (nSPS) is 31.8. The van der Waals surface area contributed by atoms with E-state index in [1.54, 1.807) is 12.3 Å². The Bertz CT molecular complexity index is 547. The van der Waals surface area contributed by atoms with Crippen LogP contribution in [0.15, 0.2) is 18.6 Å². The lowest BCUT2D eigenvalue weighted by atomic mass is 9.84. The predicted octanol–water partition coefficient (Wildman–Crippen LogP) is 1.19. The van der Waals surface area contributed by atoms with Crippen molar-refractivity contribution in [1.82, 2.24) is 19.8 Å². The second kappa shape index (κ2) is 6.53. The lowest BCUT2D eigenvalue weighted by molar-refractivity contribution is -0.104. The summed E-state index contributed by atoms with van der Waals surface area (Å²) in [6, 6.07) is 2.04. The molecule has 1 amide bonds. The van der Waals surface area contributed by atoms with Gasteiger partial charge in [0.05, 0.1) is 12.1 Å². The van der Waals surface area contributed by atoms with Crippen molar-refractivity contribution in [3.8, 4) is 0 Å². The monoisotopic (exact) mass is 316 g/mol. The average molecular weight is 316 g/mol. The summed E-state index contributed by atoms with van der Waals surface area (Å²) < 4.78 is 6.14. The van der Waals surface area contributed by atoms with Gasteiger partial charge in [-0.1, -0.05) is 0 Å². The zero-order valence-corrected chi connectivity index (χ0v) is 13.4. The highest BCUT2D eigenvalue weighted by Crippen LogP contribution is 2.32. The van der Waals surface area contributed by atoms with Crippen molar-refractivity contribution in [3.63, 3.8) is 0 Å². The summed E-state index contributed by atoms with van der Waals surface area (Å²) in [6.07, 6.45) is 8.14. The third-order valence-electron chi connectivity index (χ3n) is 5.43. The summed E-state index contributed by atoms with van der Waals surface area (Å²) in [5.41, 5.74) is 0.496. The number of fused-ring (bicyclic) bond motifs is 1. The Kier molecular flexibility index (Phi) is 4.27. The van der Waals surface area contributed by atoms with E-state index in [1.807, 2.05) is 4.90 Å². The Morgan fingerprint density at radius 3 is 2.87 bits per heavy atom. The summed E-state index contributed by atoms with van der Waals surface area (Å²) in [7, 11) is 0. The van der Waals surface area contributed by atoms with Gasteiger partial charge in [-0.25, -0.2) is 9.97 Å². The summed E-state index contributed by atoms with van der Waals surface area (Å²) in [5.74, 6) is 0.481. The van der Waals surface area contributed by atoms with E-state index in [-0.39, 0.29) is 12.0 Å². The molecule has 1 aromatic rings. The van der Waals surface area contributed by atoms with Crippen LogP contribution in [0.1, 0.15) is 36.2 Å². The molecule has 6 heteroatoms. The van der Waals surface area contributed by atoms with E-state index < -0.39 is 0 Å². The molecule has 0 spiro atoms. The zero-order chi connectivity index (χ0) is 15.6. The SMILES string of the molecule is O=C(c1ccncn1)N1C[C@@H]2CCCO[C@@H]2[C@H](N2CCCC2)C1. The first-order valence-electron chi connectivity index (χ1n) is 8.74. The highest BCUT2D eigenvalue weighted by molar-refractivity contribution is 5.92. The van der Waals surface area contributed by atoms with Crippen LogP contribution in [0.3, 0.4) is 0 Å². The fourth-order valence-corrected chi connectivity index (χ4v) is 4.31. The van der Waals surface area contributed by atoms with Crippen molar-refractivity contribution >= 4 is 5.91 Å². The van der Waals surface area contributed by atoms with Gasteiger partial charge in [0, 0.05) is 31.8 Å². The number of piperidine rings is 1. The minimum atomic E-state index is 0.0284. The number of carbonyl (C=O) groups excluding carboxylic acids is 1. The number of aromatic nitrogens is 2. The molecule has 3 aliphatic heterocycles. The molecule has 124 valence electrons. The number of hydrogen-bond donors (Lipinski definition) is 0. The van der Waals surface area contributed by atoms with Gasteiger partial charge in [0.25, 0.3) is 5.91 Å². The van der Waals surface area contributed by atoms with E-state index in [4.69, 9.17) is 4.74 Å². The number of likely N-dealkylation sites (tertiary alicyclic amines) is 2. The first kappa shape index (κ1) is 15.0. The van der Waals surface area contributed by atoms with Gasteiger partial charge in [-0.05, 0) is 44.8 Å². The molecular formula is C17H24N4O2. The lowest BCUT2D eigenvalue weighted by Gasteiger charge is -2.48. The third-order valence-corrected chi connectivity index (χ3v) is 5.43. The van der Waals surface area contributed by atoms with Crippen molar-refractivity contribution in [2.45, 2.75) is 37.8 Å². The molecule has 0 radical (unpaired) electrons. The van der Waals surface area contributed by atoms with E-state index in [0.717, 1.165) is 45.6 Å². The van der Waals surface area contributed by atoms with Crippen molar-refractivity contribution < 1.29 is 9.53 Å². The Hall–Kier alpha value is -1.53. The molecule has 4 rings (SSSR count). The molecule has 4 heterocycles. The molecule has 3 saturated heterocycles. The molecule has 3 fully saturated rings. The molecule has 3 atom stereocenters. The van der Waals surface area contributed by atoms with Gasteiger partial charge in [-0.2, -0.15) is 0 Å². The van der Waals surface area contributed by atoms with Crippen molar-refractivity contribution in [2.75, 3.05) is 32.8 Å². The summed E-state index contributed by atoms with van der Waals surface area (Å²) in [6.45, 7) is 4.67. The van der Waals surface area contributed by atoms with E-state index in [2.05, 4.69) is 14.9 Å². The van der Waals surface area contributed by atoms with Crippen LogP contribution in [-0.2, 0) is 4.74 Å². The molecule has 0 unspecified atom stereocenters.